The van der Waals surface area contributed by atoms with Crippen LogP contribution >= 0.6 is 0 Å². The third-order valence-electron chi connectivity index (χ3n) is 5.61. The van der Waals surface area contributed by atoms with Crippen LogP contribution in [0, 0.1) is 5.92 Å². The molecule has 2 amide bonds. The first-order valence-corrected chi connectivity index (χ1v) is 9.33. The first-order chi connectivity index (χ1) is 11.5. The molecule has 1 atom stereocenters. The SMILES string of the molecule is CC(C(=O)C(=O)NCC1CCCCC1)N(C=O)[C@H]1CC[C@@H](N)CC1. The number of ketones is 1. The highest BCUT2D eigenvalue weighted by atomic mass is 16.2. The van der Waals surface area contributed by atoms with Crippen molar-refractivity contribution in [2.45, 2.75) is 82.8 Å². The van der Waals surface area contributed by atoms with E-state index in [1.165, 1.54) is 24.2 Å². The predicted molar refractivity (Wildman–Crippen MR) is 92.2 cm³/mol. The average Bonchev–Trinajstić information content (AvgIpc) is 2.62. The summed E-state index contributed by atoms with van der Waals surface area (Å²) in [5, 5.41) is 2.77. The molecule has 0 bridgehead atoms. The summed E-state index contributed by atoms with van der Waals surface area (Å²) >= 11 is 0. The lowest BCUT2D eigenvalue weighted by atomic mass is 9.89. The molecule has 2 rings (SSSR count). The minimum atomic E-state index is -0.715. The van der Waals surface area contributed by atoms with E-state index in [0.717, 1.165) is 38.5 Å². The fraction of sp³-hybridized carbons (Fsp3) is 0.833. The Kier molecular flexibility index (Phi) is 7.21. The largest absolute Gasteiger partial charge is 0.349 e. The monoisotopic (exact) mass is 337 g/mol. The highest BCUT2D eigenvalue weighted by Gasteiger charge is 2.32. The summed E-state index contributed by atoms with van der Waals surface area (Å²) in [6, 6.07) is -0.528. The maximum absolute atomic E-state index is 12.4. The fourth-order valence-corrected chi connectivity index (χ4v) is 3.93. The van der Waals surface area contributed by atoms with Gasteiger partial charge in [0.15, 0.2) is 0 Å². The maximum atomic E-state index is 12.4. The molecule has 1 unspecified atom stereocenters. The van der Waals surface area contributed by atoms with Crippen molar-refractivity contribution in [2.75, 3.05) is 6.54 Å². The Morgan fingerprint density at radius 1 is 1.12 bits per heavy atom. The Morgan fingerprint density at radius 2 is 1.75 bits per heavy atom. The number of hydrogen-bond donors (Lipinski definition) is 2. The summed E-state index contributed by atoms with van der Waals surface area (Å²) in [6.07, 6.45) is 9.90. The van der Waals surface area contributed by atoms with E-state index in [1.807, 2.05) is 0 Å². The van der Waals surface area contributed by atoms with Crippen LogP contribution in [0.5, 0.6) is 0 Å². The van der Waals surface area contributed by atoms with Gasteiger partial charge in [-0.1, -0.05) is 19.3 Å². The van der Waals surface area contributed by atoms with E-state index < -0.39 is 17.7 Å². The molecule has 0 aromatic rings. The summed E-state index contributed by atoms with van der Waals surface area (Å²) in [7, 11) is 0. The lowest BCUT2D eigenvalue weighted by molar-refractivity contribution is -0.143. The number of hydrogen-bond acceptors (Lipinski definition) is 4. The zero-order chi connectivity index (χ0) is 17.5. The molecular weight excluding hydrogens is 306 g/mol. The van der Waals surface area contributed by atoms with Gasteiger partial charge in [0.1, 0.15) is 0 Å². The molecule has 2 aliphatic carbocycles. The molecule has 2 saturated carbocycles. The second-order valence-electron chi connectivity index (χ2n) is 7.38. The quantitative estimate of drug-likeness (QED) is 0.542. The second kappa shape index (κ2) is 9.16. The first kappa shape index (κ1) is 18.9. The predicted octanol–water partition coefficient (Wildman–Crippen LogP) is 1.37. The van der Waals surface area contributed by atoms with Crippen molar-refractivity contribution in [3.05, 3.63) is 0 Å². The summed E-state index contributed by atoms with van der Waals surface area (Å²) in [5.41, 5.74) is 5.90. The Bertz CT molecular complexity index is 441. The maximum Gasteiger partial charge on any atom is 0.289 e. The molecule has 2 fully saturated rings. The molecule has 136 valence electrons. The summed E-state index contributed by atoms with van der Waals surface area (Å²) in [6.45, 7) is 2.21. The molecule has 0 radical (unpaired) electrons. The third kappa shape index (κ3) is 5.03. The van der Waals surface area contributed by atoms with Crippen molar-refractivity contribution in [1.82, 2.24) is 10.2 Å². The van der Waals surface area contributed by atoms with Crippen molar-refractivity contribution in [3.63, 3.8) is 0 Å². The number of carbonyl (C=O) groups excluding carboxylic acids is 3. The van der Waals surface area contributed by atoms with Gasteiger partial charge in [0.05, 0.1) is 6.04 Å². The molecule has 3 N–H and O–H groups in total. The zero-order valence-electron chi connectivity index (χ0n) is 14.7. The molecule has 0 aromatic carbocycles. The third-order valence-corrected chi connectivity index (χ3v) is 5.61. The highest BCUT2D eigenvalue weighted by molar-refractivity contribution is 6.38. The van der Waals surface area contributed by atoms with Gasteiger partial charge in [-0.05, 0) is 51.4 Å². The molecule has 0 heterocycles. The number of rotatable bonds is 7. The van der Waals surface area contributed by atoms with Crippen LogP contribution in [0.3, 0.4) is 0 Å². The van der Waals surface area contributed by atoms with Crippen molar-refractivity contribution in [2.24, 2.45) is 11.7 Å². The van der Waals surface area contributed by atoms with E-state index in [2.05, 4.69) is 5.32 Å². The molecule has 0 aliphatic heterocycles. The number of amides is 2. The minimum absolute atomic E-state index is 0.00685. The first-order valence-electron chi connectivity index (χ1n) is 9.33. The Labute approximate surface area is 144 Å². The molecule has 6 nitrogen and oxygen atoms in total. The number of carbonyl (C=O) groups is 3. The van der Waals surface area contributed by atoms with Crippen LogP contribution in [-0.2, 0) is 14.4 Å². The van der Waals surface area contributed by atoms with Crippen LogP contribution in [0.25, 0.3) is 0 Å². The number of nitrogens with two attached hydrogens (primary N) is 1. The smallest absolute Gasteiger partial charge is 0.289 e. The fourth-order valence-electron chi connectivity index (χ4n) is 3.93. The standard InChI is InChI=1S/C18H31N3O3/c1-13(21(12-22)16-9-7-15(19)8-10-16)17(23)18(24)20-11-14-5-3-2-4-6-14/h12-16H,2-11,19H2,1H3,(H,20,24)/t13?,15-,16+. The van der Waals surface area contributed by atoms with Gasteiger partial charge >= 0.3 is 0 Å². The van der Waals surface area contributed by atoms with Crippen LogP contribution in [0.1, 0.15) is 64.7 Å². The lowest BCUT2D eigenvalue weighted by Gasteiger charge is -2.36. The molecule has 0 aromatic heterocycles. The van der Waals surface area contributed by atoms with Gasteiger partial charge in [-0.25, -0.2) is 0 Å². The Balaban J connectivity index is 1.84. The molecule has 0 saturated heterocycles. The van der Waals surface area contributed by atoms with Crippen molar-refractivity contribution < 1.29 is 14.4 Å². The molecule has 24 heavy (non-hydrogen) atoms. The molecule has 6 heteroatoms. The number of nitrogens with one attached hydrogen (secondary N) is 1. The summed E-state index contributed by atoms with van der Waals surface area (Å²) in [4.78, 5) is 37.5. The van der Waals surface area contributed by atoms with Crippen molar-refractivity contribution >= 4 is 18.1 Å². The van der Waals surface area contributed by atoms with Crippen molar-refractivity contribution in [3.8, 4) is 0 Å². The van der Waals surface area contributed by atoms with Crippen molar-refractivity contribution in [1.29, 1.82) is 0 Å². The van der Waals surface area contributed by atoms with Crippen LogP contribution in [0.15, 0.2) is 0 Å². The lowest BCUT2D eigenvalue weighted by Crippen LogP contribution is -2.51. The van der Waals surface area contributed by atoms with Gasteiger partial charge in [-0.2, -0.15) is 0 Å². The van der Waals surface area contributed by atoms with Crippen LogP contribution in [0.4, 0.5) is 0 Å². The van der Waals surface area contributed by atoms with Gasteiger partial charge in [-0.3, -0.25) is 14.4 Å². The van der Waals surface area contributed by atoms with Gasteiger partial charge in [0.25, 0.3) is 5.91 Å². The van der Waals surface area contributed by atoms with Crippen LogP contribution in [0.2, 0.25) is 0 Å². The molecular formula is C18H31N3O3. The van der Waals surface area contributed by atoms with E-state index in [9.17, 15) is 14.4 Å². The normalized spacial score (nSPS) is 26.4. The van der Waals surface area contributed by atoms with E-state index in [-0.39, 0.29) is 12.1 Å². The van der Waals surface area contributed by atoms with Crippen LogP contribution in [-0.4, -0.2) is 47.7 Å². The van der Waals surface area contributed by atoms with Crippen LogP contribution < -0.4 is 11.1 Å². The van der Waals surface area contributed by atoms with E-state index in [1.54, 1.807) is 6.92 Å². The Morgan fingerprint density at radius 3 is 2.33 bits per heavy atom. The van der Waals surface area contributed by atoms with Gasteiger partial charge in [0.2, 0.25) is 12.2 Å². The zero-order valence-corrected chi connectivity index (χ0v) is 14.7. The molecule has 2 aliphatic rings. The van der Waals surface area contributed by atoms with Gasteiger partial charge in [0, 0.05) is 18.6 Å². The molecule has 0 spiro atoms. The van der Waals surface area contributed by atoms with E-state index in [0.29, 0.717) is 18.9 Å². The highest BCUT2D eigenvalue weighted by Crippen LogP contribution is 2.24. The number of nitrogens with zero attached hydrogens (tertiary/aromatic N) is 1. The summed E-state index contributed by atoms with van der Waals surface area (Å²) in [5.74, 6) is -0.604. The minimum Gasteiger partial charge on any atom is -0.349 e. The second-order valence-corrected chi connectivity index (χ2v) is 7.38. The Hall–Kier alpha value is -1.43. The number of Topliss-reactive ketones (excluding diaryl/α,β-unsaturated/α-hetero) is 1. The summed E-state index contributed by atoms with van der Waals surface area (Å²) < 4.78 is 0. The van der Waals surface area contributed by atoms with Gasteiger partial charge in [-0.15, -0.1) is 0 Å². The van der Waals surface area contributed by atoms with Gasteiger partial charge < -0.3 is 16.0 Å². The van der Waals surface area contributed by atoms with E-state index in [4.69, 9.17) is 5.73 Å². The topological polar surface area (TPSA) is 92.5 Å². The average molecular weight is 337 g/mol. The van der Waals surface area contributed by atoms with E-state index >= 15 is 0 Å².